The smallest absolute Gasteiger partial charge is 0.297 e. The van der Waals surface area contributed by atoms with Gasteiger partial charge in [0.15, 0.2) is 0 Å². The van der Waals surface area contributed by atoms with Crippen molar-refractivity contribution < 1.29 is 13.2 Å². The molecule has 0 radical (unpaired) electrons. The summed E-state index contributed by atoms with van der Waals surface area (Å²) in [4.78, 5) is 0. The van der Waals surface area contributed by atoms with Crippen LogP contribution >= 0.6 is 0 Å². The van der Waals surface area contributed by atoms with Crippen LogP contribution in [0.3, 0.4) is 0 Å². The Labute approximate surface area is 116 Å². The van der Waals surface area contributed by atoms with E-state index in [0.29, 0.717) is 6.42 Å². The molecule has 0 amide bonds. The van der Waals surface area contributed by atoms with E-state index in [0.717, 1.165) is 12.4 Å². The number of nitrogens with one attached hydrogen (secondary N) is 1. The van der Waals surface area contributed by atoms with E-state index >= 15 is 0 Å². The standard InChI is InChI=1S/C13H19F3N4/c1-9(2)19-12(4,8-17)5-10(3)20-7-11(6-18-20)13(14,15)16/h6-7,9-10,19H,5H2,1-4H3. The first-order chi connectivity index (χ1) is 9.07. The fourth-order valence-corrected chi connectivity index (χ4v) is 2.18. The van der Waals surface area contributed by atoms with E-state index in [-0.39, 0.29) is 12.1 Å². The molecule has 112 valence electrons. The van der Waals surface area contributed by atoms with Crippen molar-refractivity contribution in [1.29, 1.82) is 5.26 Å². The Bertz CT molecular complexity index is 487. The molecule has 0 fully saturated rings. The Morgan fingerprint density at radius 1 is 1.40 bits per heavy atom. The van der Waals surface area contributed by atoms with Crippen molar-refractivity contribution in [3.63, 3.8) is 0 Å². The maximum absolute atomic E-state index is 12.5. The summed E-state index contributed by atoms with van der Waals surface area (Å²) in [6.45, 7) is 7.30. The summed E-state index contributed by atoms with van der Waals surface area (Å²) in [7, 11) is 0. The van der Waals surface area contributed by atoms with E-state index in [1.807, 2.05) is 13.8 Å². The summed E-state index contributed by atoms with van der Waals surface area (Å²) in [5.74, 6) is 0. The quantitative estimate of drug-likeness (QED) is 0.905. The molecule has 7 heteroatoms. The summed E-state index contributed by atoms with van der Waals surface area (Å²) in [6.07, 6.45) is -2.26. The van der Waals surface area contributed by atoms with Gasteiger partial charge >= 0.3 is 6.18 Å². The van der Waals surface area contributed by atoms with E-state index in [9.17, 15) is 18.4 Å². The monoisotopic (exact) mass is 288 g/mol. The van der Waals surface area contributed by atoms with Gasteiger partial charge in [-0.1, -0.05) is 0 Å². The highest BCUT2D eigenvalue weighted by atomic mass is 19.4. The van der Waals surface area contributed by atoms with Gasteiger partial charge in [-0.15, -0.1) is 0 Å². The van der Waals surface area contributed by atoms with Crippen molar-refractivity contribution in [1.82, 2.24) is 15.1 Å². The van der Waals surface area contributed by atoms with Crippen molar-refractivity contribution in [2.75, 3.05) is 0 Å². The zero-order valence-electron chi connectivity index (χ0n) is 12.0. The summed E-state index contributed by atoms with van der Waals surface area (Å²) in [5, 5.41) is 16.1. The molecule has 0 aliphatic rings. The largest absolute Gasteiger partial charge is 0.419 e. The van der Waals surface area contributed by atoms with Crippen molar-refractivity contribution in [3.8, 4) is 6.07 Å². The molecule has 0 aromatic carbocycles. The highest BCUT2D eigenvalue weighted by molar-refractivity contribution is 5.10. The zero-order chi connectivity index (χ0) is 15.6. The Hall–Kier alpha value is -1.55. The van der Waals surface area contributed by atoms with Crippen LogP contribution in [0.5, 0.6) is 0 Å². The van der Waals surface area contributed by atoms with Crippen LogP contribution in [0.4, 0.5) is 13.2 Å². The second-order valence-electron chi connectivity index (χ2n) is 5.50. The van der Waals surface area contributed by atoms with Crippen molar-refractivity contribution in [2.24, 2.45) is 0 Å². The number of rotatable bonds is 5. The molecule has 1 aromatic rings. The Morgan fingerprint density at radius 3 is 2.40 bits per heavy atom. The lowest BCUT2D eigenvalue weighted by Gasteiger charge is -2.28. The van der Waals surface area contributed by atoms with Crippen LogP contribution in [-0.4, -0.2) is 21.4 Å². The van der Waals surface area contributed by atoms with E-state index in [2.05, 4.69) is 16.5 Å². The van der Waals surface area contributed by atoms with Gasteiger partial charge in [0.05, 0.1) is 23.9 Å². The molecule has 0 saturated carbocycles. The van der Waals surface area contributed by atoms with E-state index in [4.69, 9.17) is 0 Å². The minimum atomic E-state index is -4.40. The highest BCUT2D eigenvalue weighted by Crippen LogP contribution is 2.30. The fraction of sp³-hybridized carbons (Fsp3) is 0.692. The summed E-state index contributed by atoms with van der Waals surface area (Å²) in [5.41, 5.74) is -1.59. The number of hydrogen-bond acceptors (Lipinski definition) is 3. The van der Waals surface area contributed by atoms with Crippen molar-refractivity contribution >= 4 is 0 Å². The fourth-order valence-electron chi connectivity index (χ4n) is 2.18. The minimum Gasteiger partial charge on any atom is -0.297 e. The van der Waals surface area contributed by atoms with Gasteiger partial charge in [0.25, 0.3) is 0 Å². The van der Waals surface area contributed by atoms with Crippen LogP contribution in [-0.2, 0) is 6.18 Å². The number of halogens is 3. The van der Waals surface area contributed by atoms with Gasteiger partial charge in [0.2, 0.25) is 0 Å². The average Bonchev–Trinajstić information content (AvgIpc) is 2.76. The Morgan fingerprint density at radius 2 is 2.00 bits per heavy atom. The first-order valence-corrected chi connectivity index (χ1v) is 6.38. The Kier molecular flexibility index (Phi) is 4.81. The molecule has 0 aliphatic carbocycles. The van der Waals surface area contributed by atoms with Crippen LogP contribution in [0.1, 0.15) is 45.7 Å². The molecule has 2 atom stereocenters. The number of hydrogen-bond donors (Lipinski definition) is 1. The molecule has 0 aliphatic heterocycles. The molecule has 1 rings (SSSR count). The van der Waals surface area contributed by atoms with Crippen LogP contribution in [0.25, 0.3) is 0 Å². The summed E-state index contributed by atoms with van der Waals surface area (Å²) < 4.78 is 38.8. The van der Waals surface area contributed by atoms with Gasteiger partial charge in [-0.2, -0.15) is 23.5 Å². The molecule has 0 spiro atoms. The van der Waals surface area contributed by atoms with Gasteiger partial charge in [-0.05, 0) is 27.7 Å². The molecular formula is C13H19F3N4. The number of nitrogens with zero attached hydrogens (tertiary/aromatic N) is 3. The van der Waals surface area contributed by atoms with Crippen LogP contribution in [0, 0.1) is 11.3 Å². The number of alkyl halides is 3. The predicted octanol–water partition coefficient (Wildman–Crippen LogP) is 3.13. The molecule has 0 saturated heterocycles. The lowest BCUT2D eigenvalue weighted by Crippen LogP contribution is -2.46. The third-order valence-corrected chi connectivity index (χ3v) is 2.94. The third-order valence-electron chi connectivity index (χ3n) is 2.94. The topological polar surface area (TPSA) is 53.6 Å². The maximum Gasteiger partial charge on any atom is 0.419 e. The maximum atomic E-state index is 12.5. The van der Waals surface area contributed by atoms with Crippen LogP contribution in [0.2, 0.25) is 0 Å². The number of nitriles is 1. The van der Waals surface area contributed by atoms with Crippen molar-refractivity contribution in [2.45, 2.75) is 57.9 Å². The van der Waals surface area contributed by atoms with Gasteiger partial charge in [0, 0.05) is 18.7 Å². The SMILES string of the molecule is CC(C)NC(C)(C#N)CC(C)n1cc(C(F)(F)F)cn1. The zero-order valence-corrected chi connectivity index (χ0v) is 12.0. The van der Waals surface area contributed by atoms with E-state index < -0.39 is 17.3 Å². The van der Waals surface area contributed by atoms with Gasteiger partial charge < -0.3 is 0 Å². The second kappa shape index (κ2) is 5.83. The van der Waals surface area contributed by atoms with Crippen LogP contribution in [0.15, 0.2) is 12.4 Å². The van der Waals surface area contributed by atoms with Crippen molar-refractivity contribution in [3.05, 3.63) is 18.0 Å². The predicted molar refractivity (Wildman–Crippen MR) is 68.8 cm³/mol. The number of aromatic nitrogens is 2. The molecule has 4 nitrogen and oxygen atoms in total. The first-order valence-electron chi connectivity index (χ1n) is 6.38. The summed E-state index contributed by atoms with van der Waals surface area (Å²) >= 11 is 0. The van der Waals surface area contributed by atoms with Gasteiger partial charge in [-0.25, -0.2) is 0 Å². The van der Waals surface area contributed by atoms with E-state index in [1.54, 1.807) is 13.8 Å². The first kappa shape index (κ1) is 16.5. The molecular weight excluding hydrogens is 269 g/mol. The second-order valence-corrected chi connectivity index (χ2v) is 5.50. The van der Waals surface area contributed by atoms with Gasteiger partial charge in [0.1, 0.15) is 5.54 Å². The third kappa shape index (κ3) is 4.23. The molecule has 0 bridgehead atoms. The minimum absolute atomic E-state index is 0.107. The lowest BCUT2D eigenvalue weighted by atomic mass is 9.94. The lowest BCUT2D eigenvalue weighted by molar-refractivity contribution is -0.137. The normalized spacial score (nSPS) is 16.8. The van der Waals surface area contributed by atoms with E-state index in [1.165, 1.54) is 4.68 Å². The molecule has 1 N–H and O–H groups in total. The summed E-state index contributed by atoms with van der Waals surface area (Å²) in [6, 6.07) is 1.96. The highest BCUT2D eigenvalue weighted by Gasteiger charge is 2.33. The van der Waals surface area contributed by atoms with Gasteiger partial charge in [-0.3, -0.25) is 10.00 Å². The van der Waals surface area contributed by atoms with Crippen LogP contribution < -0.4 is 5.32 Å². The molecule has 1 aromatic heterocycles. The average molecular weight is 288 g/mol. The molecule has 1 heterocycles. The molecule has 2 unspecified atom stereocenters. The Balaban J connectivity index is 2.83. The molecule has 20 heavy (non-hydrogen) atoms.